The fraction of sp³-hybridized carbons (Fsp3) is 0.533. The lowest BCUT2D eigenvalue weighted by molar-refractivity contribution is -0.144. The Morgan fingerprint density at radius 3 is 2.79 bits per heavy atom. The molecular weight excluding hydrogens is 306 g/mol. The Morgan fingerprint density at radius 2 is 2.05 bits per heavy atom. The van der Waals surface area contributed by atoms with Crippen LogP contribution in [0.5, 0.6) is 0 Å². The molecule has 3 nitrogen and oxygen atoms in total. The van der Waals surface area contributed by atoms with E-state index in [1.54, 1.807) is 0 Å². The number of carbonyl (C=O) groups is 1. The average Bonchev–Trinajstić information content (AvgIpc) is 2.98. The first kappa shape index (κ1) is 13.1. The Hall–Kier alpha value is -0.870. The molecule has 2 saturated carbocycles. The number of benzene rings is 1. The van der Waals surface area contributed by atoms with Gasteiger partial charge >= 0.3 is 5.97 Å². The number of carboxylic acids is 1. The summed E-state index contributed by atoms with van der Waals surface area (Å²) in [7, 11) is 0. The zero-order valence-corrected chi connectivity index (χ0v) is 12.3. The van der Waals surface area contributed by atoms with E-state index in [1.165, 1.54) is 12.0 Å². The molecule has 0 aliphatic heterocycles. The van der Waals surface area contributed by atoms with Gasteiger partial charge in [-0.1, -0.05) is 34.1 Å². The lowest BCUT2D eigenvalue weighted by atomic mass is 9.84. The molecule has 0 heterocycles. The van der Waals surface area contributed by atoms with Crippen LogP contribution in [0.4, 0.5) is 0 Å². The van der Waals surface area contributed by atoms with Crippen molar-refractivity contribution in [3.8, 4) is 0 Å². The van der Waals surface area contributed by atoms with Gasteiger partial charge in [0.05, 0.1) is 5.92 Å². The highest BCUT2D eigenvalue weighted by Gasteiger charge is 2.50. The van der Waals surface area contributed by atoms with Crippen molar-refractivity contribution < 1.29 is 9.90 Å². The molecule has 0 aromatic heterocycles. The fourth-order valence-electron chi connectivity index (χ4n) is 3.81. The van der Waals surface area contributed by atoms with Gasteiger partial charge in [0.15, 0.2) is 0 Å². The largest absolute Gasteiger partial charge is 0.481 e. The Labute approximate surface area is 121 Å². The Morgan fingerprint density at radius 1 is 1.32 bits per heavy atom. The number of nitrogens with one attached hydrogen (secondary N) is 1. The molecule has 4 atom stereocenters. The molecule has 2 aliphatic rings. The van der Waals surface area contributed by atoms with Crippen LogP contribution in [-0.4, -0.2) is 17.1 Å². The smallest absolute Gasteiger partial charge is 0.308 e. The van der Waals surface area contributed by atoms with Crippen LogP contribution in [0.25, 0.3) is 0 Å². The van der Waals surface area contributed by atoms with E-state index in [-0.39, 0.29) is 12.0 Å². The number of rotatable bonds is 4. The van der Waals surface area contributed by atoms with E-state index < -0.39 is 5.97 Å². The topological polar surface area (TPSA) is 49.3 Å². The maximum Gasteiger partial charge on any atom is 0.308 e. The quantitative estimate of drug-likeness (QED) is 0.895. The van der Waals surface area contributed by atoms with Crippen LogP contribution in [0.1, 0.15) is 24.8 Å². The van der Waals surface area contributed by atoms with Gasteiger partial charge in [-0.05, 0) is 42.7 Å². The lowest BCUT2D eigenvalue weighted by Crippen LogP contribution is -2.43. The molecule has 0 amide bonds. The highest BCUT2D eigenvalue weighted by atomic mass is 79.9. The first-order valence-corrected chi connectivity index (χ1v) is 7.65. The van der Waals surface area contributed by atoms with Crippen molar-refractivity contribution in [2.45, 2.75) is 31.8 Å². The molecule has 4 heteroatoms. The first-order valence-electron chi connectivity index (χ1n) is 6.86. The molecule has 102 valence electrons. The molecule has 1 aromatic rings. The van der Waals surface area contributed by atoms with Gasteiger partial charge in [0.25, 0.3) is 0 Å². The number of hydrogen-bond acceptors (Lipinski definition) is 2. The standard InChI is InChI=1S/C15H18BrNO2/c16-12-4-2-1-3-11(12)8-17-14-10-6-5-9(7-10)13(14)15(18)19/h1-4,9-10,13-14,17H,5-8H2,(H,18,19). The summed E-state index contributed by atoms with van der Waals surface area (Å²) < 4.78 is 1.08. The summed E-state index contributed by atoms with van der Waals surface area (Å²) in [5.74, 6) is 0.117. The van der Waals surface area contributed by atoms with Crippen molar-refractivity contribution in [1.82, 2.24) is 5.32 Å². The van der Waals surface area contributed by atoms with Gasteiger partial charge in [0.1, 0.15) is 0 Å². The second-order valence-electron chi connectivity index (χ2n) is 5.70. The molecule has 2 bridgehead atoms. The second kappa shape index (κ2) is 5.25. The molecule has 4 unspecified atom stereocenters. The molecule has 1 aromatic carbocycles. The van der Waals surface area contributed by atoms with Crippen molar-refractivity contribution >= 4 is 21.9 Å². The summed E-state index contributed by atoms with van der Waals surface area (Å²) in [5, 5.41) is 12.9. The molecule has 0 saturated heterocycles. The number of carboxylic acid groups (broad SMARTS) is 1. The van der Waals surface area contributed by atoms with Crippen molar-refractivity contribution in [3.63, 3.8) is 0 Å². The van der Waals surface area contributed by atoms with E-state index in [2.05, 4.69) is 27.3 Å². The van der Waals surface area contributed by atoms with Gasteiger partial charge in [0.2, 0.25) is 0 Å². The maximum absolute atomic E-state index is 11.4. The van der Waals surface area contributed by atoms with E-state index in [0.717, 1.165) is 23.9 Å². The summed E-state index contributed by atoms with van der Waals surface area (Å²) in [6.07, 6.45) is 3.36. The molecule has 19 heavy (non-hydrogen) atoms. The van der Waals surface area contributed by atoms with Crippen molar-refractivity contribution in [1.29, 1.82) is 0 Å². The molecule has 0 spiro atoms. The molecule has 0 radical (unpaired) electrons. The second-order valence-corrected chi connectivity index (χ2v) is 6.55. The highest BCUT2D eigenvalue weighted by molar-refractivity contribution is 9.10. The predicted octanol–water partition coefficient (Wildman–Crippen LogP) is 3.04. The van der Waals surface area contributed by atoms with E-state index in [4.69, 9.17) is 0 Å². The number of aliphatic carboxylic acids is 1. The monoisotopic (exact) mass is 323 g/mol. The van der Waals surface area contributed by atoms with Crippen LogP contribution in [-0.2, 0) is 11.3 Å². The first-order chi connectivity index (χ1) is 9.16. The van der Waals surface area contributed by atoms with Crippen LogP contribution in [0.15, 0.2) is 28.7 Å². The highest BCUT2D eigenvalue weighted by Crippen LogP contribution is 2.48. The maximum atomic E-state index is 11.4. The normalized spacial score (nSPS) is 32.7. The van der Waals surface area contributed by atoms with Crippen LogP contribution in [0.3, 0.4) is 0 Å². The SMILES string of the molecule is O=C(O)C1C2CCC(C2)C1NCc1ccccc1Br. The minimum absolute atomic E-state index is 0.142. The summed E-state index contributed by atoms with van der Waals surface area (Å²) >= 11 is 3.53. The van der Waals surface area contributed by atoms with Gasteiger partial charge in [-0.2, -0.15) is 0 Å². The van der Waals surface area contributed by atoms with Gasteiger partial charge in [0, 0.05) is 17.1 Å². The minimum atomic E-state index is -0.628. The summed E-state index contributed by atoms with van der Waals surface area (Å²) in [6.45, 7) is 0.735. The molecule has 2 aliphatic carbocycles. The Bertz CT molecular complexity index is 491. The van der Waals surface area contributed by atoms with Gasteiger partial charge in [-0.25, -0.2) is 0 Å². The van der Waals surface area contributed by atoms with Gasteiger partial charge in [-0.15, -0.1) is 0 Å². The van der Waals surface area contributed by atoms with Crippen LogP contribution in [0.2, 0.25) is 0 Å². The van der Waals surface area contributed by atoms with Crippen LogP contribution < -0.4 is 5.32 Å². The Kier molecular flexibility index (Phi) is 3.63. The molecule has 2 N–H and O–H groups in total. The van der Waals surface area contributed by atoms with Crippen LogP contribution in [0, 0.1) is 17.8 Å². The Balaban J connectivity index is 1.69. The fourth-order valence-corrected chi connectivity index (χ4v) is 4.23. The predicted molar refractivity (Wildman–Crippen MR) is 76.7 cm³/mol. The number of halogens is 1. The summed E-state index contributed by atoms with van der Waals surface area (Å²) in [4.78, 5) is 11.4. The summed E-state index contributed by atoms with van der Waals surface area (Å²) in [5.41, 5.74) is 1.19. The van der Waals surface area contributed by atoms with Crippen molar-refractivity contribution in [2.24, 2.45) is 17.8 Å². The van der Waals surface area contributed by atoms with E-state index in [9.17, 15) is 9.90 Å². The average molecular weight is 324 g/mol. The summed E-state index contributed by atoms with van der Waals surface area (Å²) in [6, 6.07) is 8.23. The zero-order valence-electron chi connectivity index (χ0n) is 10.7. The third-order valence-electron chi connectivity index (χ3n) is 4.69. The zero-order chi connectivity index (χ0) is 13.4. The van der Waals surface area contributed by atoms with Crippen LogP contribution >= 0.6 is 15.9 Å². The van der Waals surface area contributed by atoms with E-state index in [1.807, 2.05) is 18.2 Å². The van der Waals surface area contributed by atoms with Gasteiger partial charge < -0.3 is 10.4 Å². The number of fused-ring (bicyclic) bond motifs is 2. The molecule has 2 fully saturated rings. The minimum Gasteiger partial charge on any atom is -0.481 e. The third kappa shape index (κ3) is 2.43. The third-order valence-corrected chi connectivity index (χ3v) is 5.46. The van der Waals surface area contributed by atoms with E-state index in [0.29, 0.717) is 11.8 Å². The van der Waals surface area contributed by atoms with Crippen molar-refractivity contribution in [3.05, 3.63) is 34.3 Å². The lowest BCUT2D eigenvalue weighted by Gasteiger charge is -2.29. The van der Waals surface area contributed by atoms with Gasteiger partial charge in [-0.3, -0.25) is 4.79 Å². The molecule has 3 rings (SSSR count). The molecular formula is C15H18BrNO2. The number of hydrogen-bond donors (Lipinski definition) is 2. The van der Waals surface area contributed by atoms with Crippen molar-refractivity contribution in [2.75, 3.05) is 0 Å². The van der Waals surface area contributed by atoms with E-state index >= 15 is 0 Å².